The first-order valence-electron chi connectivity index (χ1n) is 10.8. The van der Waals surface area contributed by atoms with E-state index in [1.807, 2.05) is 18.2 Å². The van der Waals surface area contributed by atoms with E-state index in [1.54, 1.807) is 13.0 Å². The normalized spacial score (nSPS) is 15.9. The minimum absolute atomic E-state index is 0.0994. The number of hydrogen-bond acceptors (Lipinski definition) is 4. The van der Waals surface area contributed by atoms with Crippen LogP contribution in [-0.4, -0.2) is 34.0 Å². The third kappa shape index (κ3) is 5.34. The second kappa shape index (κ2) is 9.62. The van der Waals surface area contributed by atoms with Crippen molar-refractivity contribution in [3.8, 4) is 0 Å². The Balaban J connectivity index is 1.42. The Bertz CT molecular complexity index is 1250. The zero-order chi connectivity index (χ0) is 23.4. The van der Waals surface area contributed by atoms with Gasteiger partial charge in [0.25, 0.3) is 15.9 Å². The predicted octanol–water partition coefficient (Wildman–Crippen LogP) is 4.19. The summed E-state index contributed by atoms with van der Waals surface area (Å²) in [6.07, 6.45) is 0.967. The quantitative estimate of drug-likeness (QED) is 0.546. The van der Waals surface area contributed by atoms with E-state index >= 15 is 0 Å². The highest BCUT2D eigenvalue weighted by Gasteiger charge is 2.24. The van der Waals surface area contributed by atoms with Crippen molar-refractivity contribution in [1.29, 1.82) is 0 Å². The number of rotatable bonds is 7. The molecule has 4 rings (SSSR count). The third-order valence-corrected chi connectivity index (χ3v) is 7.20. The van der Waals surface area contributed by atoms with E-state index in [-0.39, 0.29) is 22.1 Å². The van der Waals surface area contributed by atoms with E-state index in [9.17, 15) is 17.6 Å². The SMILES string of the molecule is Cc1ccc(S(=O)(=O)Nc2ccccc2F)cc1C(=O)NCC1CCN(c2ccccc2)C1. The molecule has 1 heterocycles. The van der Waals surface area contributed by atoms with Gasteiger partial charge >= 0.3 is 0 Å². The topological polar surface area (TPSA) is 78.5 Å². The summed E-state index contributed by atoms with van der Waals surface area (Å²) in [6, 6.07) is 20.0. The molecule has 8 heteroatoms. The maximum absolute atomic E-state index is 13.9. The lowest BCUT2D eigenvalue weighted by atomic mass is 10.1. The van der Waals surface area contributed by atoms with Crippen molar-refractivity contribution in [2.24, 2.45) is 5.92 Å². The fourth-order valence-corrected chi connectivity index (χ4v) is 5.06. The van der Waals surface area contributed by atoms with Gasteiger partial charge in [0.1, 0.15) is 5.82 Å². The Morgan fingerprint density at radius 2 is 1.79 bits per heavy atom. The summed E-state index contributed by atoms with van der Waals surface area (Å²) in [5.74, 6) is -0.690. The number of amides is 1. The second-order valence-electron chi connectivity index (χ2n) is 8.21. The van der Waals surface area contributed by atoms with Gasteiger partial charge in [0.05, 0.1) is 10.6 Å². The average molecular weight is 468 g/mol. The van der Waals surface area contributed by atoms with Crippen LogP contribution in [-0.2, 0) is 10.0 Å². The number of nitrogens with zero attached hydrogens (tertiary/aromatic N) is 1. The van der Waals surface area contributed by atoms with E-state index in [2.05, 4.69) is 27.1 Å². The van der Waals surface area contributed by atoms with Crippen molar-refractivity contribution in [1.82, 2.24) is 5.32 Å². The maximum Gasteiger partial charge on any atom is 0.262 e. The summed E-state index contributed by atoms with van der Waals surface area (Å²) in [7, 11) is -4.05. The van der Waals surface area contributed by atoms with Gasteiger partial charge in [0, 0.05) is 30.9 Å². The highest BCUT2D eigenvalue weighted by molar-refractivity contribution is 7.92. The number of carbonyl (C=O) groups excluding carboxylic acids is 1. The monoisotopic (exact) mass is 467 g/mol. The van der Waals surface area contributed by atoms with Crippen LogP contribution in [0.25, 0.3) is 0 Å². The fourth-order valence-electron chi connectivity index (χ4n) is 3.97. The number of sulfonamides is 1. The van der Waals surface area contributed by atoms with Crippen LogP contribution in [0.1, 0.15) is 22.3 Å². The molecule has 6 nitrogen and oxygen atoms in total. The number of hydrogen-bond donors (Lipinski definition) is 2. The van der Waals surface area contributed by atoms with Gasteiger partial charge in [-0.25, -0.2) is 12.8 Å². The van der Waals surface area contributed by atoms with E-state index in [1.165, 1.54) is 42.1 Å². The van der Waals surface area contributed by atoms with Gasteiger partial charge in [-0.15, -0.1) is 0 Å². The zero-order valence-electron chi connectivity index (χ0n) is 18.3. The lowest BCUT2D eigenvalue weighted by Gasteiger charge is -2.19. The molecule has 0 saturated carbocycles. The molecular formula is C25H26FN3O3S. The second-order valence-corrected chi connectivity index (χ2v) is 9.89. The zero-order valence-corrected chi connectivity index (χ0v) is 19.1. The molecule has 1 aliphatic heterocycles. The smallest absolute Gasteiger partial charge is 0.262 e. The molecule has 3 aromatic carbocycles. The van der Waals surface area contributed by atoms with E-state index in [0.717, 1.165) is 19.5 Å². The molecule has 2 N–H and O–H groups in total. The molecule has 1 aliphatic rings. The summed E-state index contributed by atoms with van der Waals surface area (Å²) in [6.45, 7) is 4.04. The van der Waals surface area contributed by atoms with Gasteiger partial charge in [0.15, 0.2) is 0 Å². The molecule has 33 heavy (non-hydrogen) atoms. The fraction of sp³-hybridized carbons (Fsp3) is 0.240. The van der Waals surface area contributed by atoms with Gasteiger partial charge in [-0.3, -0.25) is 9.52 Å². The minimum Gasteiger partial charge on any atom is -0.371 e. The van der Waals surface area contributed by atoms with Gasteiger partial charge in [-0.05, 0) is 61.2 Å². The van der Waals surface area contributed by atoms with E-state index < -0.39 is 15.8 Å². The lowest BCUT2D eigenvalue weighted by molar-refractivity contribution is 0.0947. The molecule has 0 bridgehead atoms. The maximum atomic E-state index is 13.9. The van der Waals surface area contributed by atoms with Crippen molar-refractivity contribution in [3.63, 3.8) is 0 Å². The van der Waals surface area contributed by atoms with E-state index in [0.29, 0.717) is 18.0 Å². The average Bonchev–Trinajstić information content (AvgIpc) is 3.29. The first-order valence-corrected chi connectivity index (χ1v) is 12.3. The Hall–Kier alpha value is -3.39. The van der Waals surface area contributed by atoms with E-state index in [4.69, 9.17) is 0 Å². The summed E-state index contributed by atoms with van der Waals surface area (Å²) >= 11 is 0. The van der Waals surface area contributed by atoms with Crippen molar-refractivity contribution in [3.05, 3.63) is 89.7 Å². The molecular weight excluding hydrogens is 441 g/mol. The number of halogens is 1. The van der Waals surface area contributed by atoms with Crippen LogP contribution in [0.4, 0.5) is 15.8 Å². The lowest BCUT2D eigenvalue weighted by Crippen LogP contribution is -2.31. The number of aryl methyl sites for hydroxylation is 1. The molecule has 1 saturated heterocycles. The van der Waals surface area contributed by atoms with Crippen molar-refractivity contribution in [2.45, 2.75) is 18.2 Å². The first-order chi connectivity index (χ1) is 15.8. The number of anilines is 2. The standard InChI is InChI=1S/C25H26FN3O3S/c1-18-11-12-21(33(31,32)28-24-10-6-5-9-23(24)26)15-22(18)25(30)27-16-19-13-14-29(17-19)20-7-3-2-4-8-20/h2-12,15,19,28H,13-14,16-17H2,1H3,(H,27,30). The van der Waals surface area contributed by atoms with Crippen LogP contribution in [0.15, 0.2) is 77.7 Å². The first kappa shape index (κ1) is 22.8. The third-order valence-electron chi connectivity index (χ3n) is 5.84. The molecule has 1 amide bonds. The van der Waals surface area contributed by atoms with Gasteiger partial charge in [-0.2, -0.15) is 0 Å². The Morgan fingerprint density at radius 1 is 1.06 bits per heavy atom. The molecule has 3 aromatic rings. The molecule has 0 aliphatic carbocycles. The van der Waals surface area contributed by atoms with Gasteiger partial charge < -0.3 is 10.2 Å². The summed E-state index contributed by atoms with van der Waals surface area (Å²) in [5, 5.41) is 2.95. The van der Waals surface area contributed by atoms with Gasteiger partial charge in [-0.1, -0.05) is 36.4 Å². The predicted molar refractivity (Wildman–Crippen MR) is 127 cm³/mol. The highest BCUT2D eigenvalue weighted by atomic mass is 32.2. The number of para-hydroxylation sites is 2. The summed E-state index contributed by atoms with van der Waals surface area (Å²) < 4.78 is 41.7. The van der Waals surface area contributed by atoms with Crippen LogP contribution < -0.4 is 14.9 Å². The van der Waals surface area contributed by atoms with Crippen LogP contribution in [0.5, 0.6) is 0 Å². The highest BCUT2D eigenvalue weighted by Crippen LogP contribution is 2.24. The molecule has 1 unspecified atom stereocenters. The van der Waals surface area contributed by atoms with Crippen molar-refractivity contribution < 1.29 is 17.6 Å². The molecule has 172 valence electrons. The Labute approximate surface area is 193 Å². The van der Waals surface area contributed by atoms with Crippen LogP contribution in [0.3, 0.4) is 0 Å². The minimum atomic E-state index is -4.05. The molecule has 0 spiro atoms. The van der Waals surface area contributed by atoms with Crippen molar-refractivity contribution in [2.75, 3.05) is 29.3 Å². The molecule has 0 radical (unpaired) electrons. The Morgan fingerprint density at radius 3 is 2.55 bits per heavy atom. The molecule has 0 aromatic heterocycles. The van der Waals surface area contributed by atoms with Crippen LogP contribution in [0, 0.1) is 18.7 Å². The number of nitrogens with one attached hydrogen (secondary N) is 2. The van der Waals surface area contributed by atoms with Crippen molar-refractivity contribution >= 4 is 27.3 Å². The van der Waals surface area contributed by atoms with Crippen LogP contribution >= 0.6 is 0 Å². The largest absolute Gasteiger partial charge is 0.371 e. The number of carbonyl (C=O) groups is 1. The number of benzene rings is 3. The molecule has 1 atom stereocenters. The van der Waals surface area contributed by atoms with Crippen LogP contribution in [0.2, 0.25) is 0 Å². The summed E-state index contributed by atoms with van der Waals surface area (Å²) in [4.78, 5) is 15.1. The summed E-state index contributed by atoms with van der Waals surface area (Å²) in [5.41, 5.74) is 1.97. The van der Waals surface area contributed by atoms with Gasteiger partial charge in [0.2, 0.25) is 0 Å². The Kier molecular flexibility index (Phi) is 6.65. The molecule has 1 fully saturated rings.